The van der Waals surface area contributed by atoms with Crippen molar-refractivity contribution in [1.29, 1.82) is 0 Å². The molecule has 44 valence electrons. The van der Waals surface area contributed by atoms with Crippen LogP contribution in [-0.4, -0.2) is 10.3 Å². The van der Waals surface area contributed by atoms with Gasteiger partial charge >= 0.3 is 0 Å². The Morgan fingerprint density at radius 3 is 2.88 bits per heavy atom. The Balaban J connectivity index is 2.84. The molecule has 1 aromatic heterocycles. The van der Waals surface area contributed by atoms with E-state index in [-0.39, 0.29) is 11.8 Å². The molecule has 0 amide bonds. The van der Waals surface area contributed by atoms with Crippen LogP contribution in [0.5, 0.6) is 0 Å². The largest absolute Gasteiger partial charge is 0.390 e. The summed E-state index contributed by atoms with van der Waals surface area (Å²) in [5.74, 6) is 0. The first kappa shape index (κ1) is 5.59. The van der Waals surface area contributed by atoms with Crippen molar-refractivity contribution >= 4 is 11.6 Å². The second-order valence-electron chi connectivity index (χ2n) is 1.28. The van der Waals surface area contributed by atoms with Gasteiger partial charge in [0, 0.05) is 6.07 Å². The molecule has 1 aromatic rings. The lowest BCUT2D eigenvalue weighted by Gasteiger charge is -1.74. The van der Waals surface area contributed by atoms with Crippen LogP contribution in [0.4, 0.5) is 0 Å². The SMILES string of the molecule is OCc1cc(Cl)on1. The molecule has 0 aliphatic rings. The minimum atomic E-state index is -0.129. The number of aliphatic hydroxyl groups is 1. The highest BCUT2D eigenvalue weighted by Crippen LogP contribution is 2.08. The van der Waals surface area contributed by atoms with Crippen LogP contribution in [0.1, 0.15) is 5.69 Å². The van der Waals surface area contributed by atoms with Crippen molar-refractivity contribution in [2.45, 2.75) is 6.61 Å². The van der Waals surface area contributed by atoms with Gasteiger partial charge in [0.05, 0.1) is 6.61 Å². The number of halogens is 1. The van der Waals surface area contributed by atoms with Crippen LogP contribution in [0.2, 0.25) is 5.22 Å². The van der Waals surface area contributed by atoms with E-state index in [0.29, 0.717) is 5.69 Å². The third-order valence-electron chi connectivity index (χ3n) is 0.692. The van der Waals surface area contributed by atoms with Crippen LogP contribution in [0.15, 0.2) is 10.6 Å². The first-order valence-corrected chi connectivity index (χ1v) is 2.42. The van der Waals surface area contributed by atoms with Gasteiger partial charge in [-0.25, -0.2) is 0 Å². The standard InChI is InChI=1S/C4H4ClNO2/c5-4-1-3(2-7)6-8-4/h1,7H,2H2. The smallest absolute Gasteiger partial charge is 0.226 e. The van der Waals surface area contributed by atoms with E-state index in [1.165, 1.54) is 6.07 Å². The molecule has 0 radical (unpaired) electrons. The summed E-state index contributed by atoms with van der Waals surface area (Å²) in [6.07, 6.45) is 0. The number of aromatic nitrogens is 1. The minimum Gasteiger partial charge on any atom is -0.390 e. The van der Waals surface area contributed by atoms with E-state index in [1.54, 1.807) is 0 Å². The van der Waals surface area contributed by atoms with Crippen LogP contribution in [-0.2, 0) is 6.61 Å². The fourth-order valence-corrected chi connectivity index (χ4v) is 0.521. The number of aliphatic hydroxyl groups excluding tert-OH is 1. The van der Waals surface area contributed by atoms with Crippen LogP contribution in [0.3, 0.4) is 0 Å². The molecule has 1 rings (SSSR count). The highest BCUT2D eigenvalue weighted by Gasteiger charge is 1.96. The van der Waals surface area contributed by atoms with Crippen molar-refractivity contribution in [3.8, 4) is 0 Å². The van der Waals surface area contributed by atoms with Gasteiger partial charge in [0.25, 0.3) is 0 Å². The van der Waals surface area contributed by atoms with Crippen molar-refractivity contribution in [2.75, 3.05) is 0 Å². The first-order chi connectivity index (χ1) is 3.83. The van der Waals surface area contributed by atoms with Gasteiger partial charge < -0.3 is 9.63 Å². The number of nitrogens with zero attached hydrogens (tertiary/aromatic N) is 1. The second kappa shape index (κ2) is 2.15. The van der Waals surface area contributed by atoms with E-state index in [4.69, 9.17) is 16.7 Å². The molecule has 4 heteroatoms. The molecular formula is C4H4ClNO2. The Kier molecular flexibility index (Phi) is 1.50. The van der Waals surface area contributed by atoms with Crippen molar-refractivity contribution in [3.63, 3.8) is 0 Å². The summed E-state index contributed by atoms with van der Waals surface area (Å²) in [7, 11) is 0. The molecule has 0 aliphatic carbocycles. The van der Waals surface area contributed by atoms with Crippen LogP contribution >= 0.6 is 11.6 Å². The molecule has 0 atom stereocenters. The lowest BCUT2D eigenvalue weighted by Crippen LogP contribution is -1.77. The predicted molar refractivity (Wildman–Crippen MR) is 27.4 cm³/mol. The molecule has 0 bridgehead atoms. The number of rotatable bonds is 1. The molecule has 3 nitrogen and oxygen atoms in total. The summed E-state index contributed by atoms with van der Waals surface area (Å²) < 4.78 is 4.41. The lowest BCUT2D eigenvalue weighted by atomic mass is 10.5. The molecule has 0 unspecified atom stereocenters. The molecule has 1 N–H and O–H groups in total. The second-order valence-corrected chi connectivity index (χ2v) is 1.65. The predicted octanol–water partition coefficient (Wildman–Crippen LogP) is 0.820. The van der Waals surface area contributed by atoms with Gasteiger partial charge in [-0.2, -0.15) is 0 Å². The van der Waals surface area contributed by atoms with Crippen molar-refractivity contribution in [2.24, 2.45) is 0 Å². The van der Waals surface area contributed by atoms with Crippen molar-refractivity contribution in [3.05, 3.63) is 17.0 Å². The zero-order valence-corrected chi connectivity index (χ0v) is 4.72. The summed E-state index contributed by atoms with van der Waals surface area (Å²) in [4.78, 5) is 0. The van der Waals surface area contributed by atoms with E-state index in [2.05, 4.69) is 9.68 Å². The quantitative estimate of drug-likeness (QED) is 0.617. The molecule has 0 aliphatic heterocycles. The highest BCUT2D eigenvalue weighted by molar-refractivity contribution is 6.28. The molecule has 0 saturated heterocycles. The summed E-state index contributed by atoms with van der Waals surface area (Å²) >= 11 is 5.30. The normalized spacial score (nSPS) is 9.75. The number of hydrogen-bond acceptors (Lipinski definition) is 3. The van der Waals surface area contributed by atoms with E-state index < -0.39 is 0 Å². The number of hydrogen-bond donors (Lipinski definition) is 1. The van der Waals surface area contributed by atoms with E-state index >= 15 is 0 Å². The van der Waals surface area contributed by atoms with Crippen LogP contribution in [0, 0.1) is 0 Å². The summed E-state index contributed by atoms with van der Waals surface area (Å²) in [5, 5.41) is 11.9. The molecule has 0 fully saturated rings. The third kappa shape index (κ3) is 0.993. The van der Waals surface area contributed by atoms with Gasteiger partial charge in [0.15, 0.2) is 0 Å². The van der Waals surface area contributed by atoms with E-state index in [0.717, 1.165) is 0 Å². The van der Waals surface area contributed by atoms with Gasteiger partial charge in [-0.15, -0.1) is 0 Å². The molecular weight excluding hydrogens is 130 g/mol. The fraction of sp³-hybridized carbons (Fsp3) is 0.250. The zero-order valence-electron chi connectivity index (χ0n) is 3.97. The Bertz CT molecular complexity index is 174. The monoisotopic (exact) mass is 133 g/mol. The highest BCUT2D eigenvalue weighted by atomic mass is 35.5. The molecule has 8 heavy (non-hydrogen) atoms. The van der Waals surface area contributed by atoms with Crippen molar-refractivity contribution < 1.29 is 9.63 Å². The van der Waals surface area contributed by atoms with Gasteiger partial charge in [-0.1, -0.05) is 5.16 Å². The van der Waals surface area contributed by atoms with E-state index in [9.17, 15) is 0 Å². The topological polar surface area (TPSA) is 46.3 Å². The third-order valence-corrected chi connectivity index (χ3v) is 0.870. The van der Waals surface area contributed by atoms with Gasteiger partial charge in [0.1, 0.15) is 5.69 Å². The Labute approximate surface area is 50.9 Å². The maximum atomic E-state index is 8.37. The molecule has 1 heterocycles. The van der Waals surface area contributed by atoms with Crippen LogP contribution < -0.4 is 0 Å². The molecule has 0 spiro atoms. The van der Waals surface area contributed by atoms with Gasteiger partial charge in [-0.3, -0.25) is 0 Å². The fourth-order valence-electron chi connectivity index (χ4n) is 0.360. The Morgan fingerprint density at radius 1 is 1.88 bits per heavy atom. The summed E-state index contributed by atoms with van der Waals surface area (Å²) in [5.41, 5.74) is 0.454. The van der Waals surface area contributed by atoms with Gasteiger partial charge in [0.2, 0.25) is 5.22 Å². The van der Waals surface area contributed by atoms with Crippen LogP contribution in [0.25, 0.3) is 0 Å². The average Bonchev–Trinajstić information content (AvgIpc) is 2.14. The summed E-state index contributed by atoms with van der Waals surface area (Å²) in [6, 6.07) is 1.46. The average molecular weight is 134 g/mol. The van der Waals surface area contributed by atoms with Crippen molar-refractivity contribution in [1.82, 2.24) is 5.16 Å². The maximum absolute atomic E-state index is 8.37. The summed E-state index contributed by atoms with van der Waals surface area (Å²) in [6.45, 7) is -0.129. The molecule has 0 saturated carbocycles. The molecule has 0 aromatic carbocycles. The maximum Gasteiger partial charge on any atom is 0.226 e. The Morgan fingerprint density at radius 2 is 2.62 bits per heavy atom. The zero-order chi connectivity index (χ0) is 5.98. The van der Waals surface area contributed by atoms with Gasteiger partial charge in [-0.05, 0) is 11.6 Å². The lowest BCUT2D eigenvalue weighted by molar-refractivity contribution is 0.266. The minimum absolute atomic E-state index is 0.129. The Hall–Kier alpha value is -0.540. The first-order valence-electron chi connectivity index (χ1n) is 2.05. The van der Waals surface area contributed by atoms with E-state index in [1.807, 2.05) is 0 Å².